The first-order valence-electron chi connectivity index (χ1n) is 8.63. The van der Waals surface area contributed by atoms with Crippen LogP contribution < -0.4 is 9.46 Å². The third-order valence-electron chi connectivity index (χ3n) is 4.16. The molecular weight excluding hydrogens is 423 g/mol. The van der Waals surface area contributed by atoms with E-state index in [1.165, 1.54) is 31.2 Å². The van der Waals surface area contributed by atoms with Crippen molar-refractivity contribution >= 4 is 21.7 Å². The number of nitrogens with zero attached hydrogens (tertiary/aromatic N) is 1. The zero-order valence-electron chi connectivity index (χ0n) is 15.7. The lowest BCUT2D eigenvalue weighted by atomic mass is 10.1. The van der Waals surface area contributed by atoms with Gasteiger partial charge in [-0.2, -0.15) is 4.72 Å². The number of esters is 1. The van der Waals surface area contributed by atoms with Crippen LogP contribution in [0.1, 0.15) is 18.1 Å². The minimum atomic E-state index is -4.31. The van der Waals surface area contributed by atoms with E-state index in [9.17, 15) is 27.7 Å². The van der Waals surface area contributed by atoms with Crippen molar-refractivity contribution in [2.75, 3.05) is 6.79 Å². The fourth-order valence-corrected chi connectivity index (χ4v) is 4.05. The van der Waals surface area contributed by atoms with E-state index in [1.807, 2.05) is 4.72 Å². The van der Waals surface area contributed by atoms with Crippen LogP contribution in [0.15, 0.2) is 41.3 Å². The molecular formula is C18H17FN2O8S. The molecule has 0 radical (unpaired) electrons. The summed E-state index contributed by atoms with van der Waals surface area (Å²) in [5.41, 5.74) is 0.428. The highest BCUT2D eigenvalue weighted by Gasteiger charge is 2.27. The van der Waals surface area contributed by atoms with Crippen LogP contribution in [0.3, 0.4) is 0 Å². The van der Waals surface area contributed by atoms with Gasteiger partial charge in [-0.05, 0) is 19.1 Å². The van der Waals surface area contributed by atoms with Crippen LogP contribution in [0.2, 0.25) is 0 Å². The third kappa shape index (κ3) is 4.72. The second kappa shape index (κ2) is 8.73. The Morgan fingerprint density at radius 3 is 2.80 bits per heavy atom. The Balaban J connectivity index is 1.72. The lowest BCUT2D eigenvalue weighted by Crippen LogP contribution is -2.39. The maximum absolute atomic E-state index is 13.8. The van der Waals surface area contributed by atoms with E-state index >= 15 is 0 Å². The van der Waals surface area contributed by atoms with E-state index in [4.69, 9.17) is 14.2 Å². The van der Waals surface area contributed by atoms with Crippen molar-refractivity contribution in [3.63, 3.8) is 0 Å². The van der Waals surface area contributed by atoms with Crippen molar-refractivity contribution in [2.45, 2.75) is 31.1 Å². The van der Waals surface area contributed by atoms with Crippen LogP contribution in [0.4, 0.5) is 10.1 Å². The normalized spacial score (nSPS) is 14.3. The van der Waals surface area contributed by atoms with Gasteiger partial charge in [0, 0.05) is 23.3 Å². The highest BCUT2D eigenvalue weighted by molar-refractivity contribution is 7.89. The molecule has 1 heterocycles. The standard InChI is InChI=1S/C18H17FN2O8S/c1-11(20-30(25,26)16-5-3-2-4-15(16)19)18(22)28-9-13-7-14(21(23)24)6-12-8-27-10-29-17(12)13/h2-7,11,20H,8-10H2,1H3/t11-/m0/s1. The van der Waals surface area contributed by atoms with E-state index in [2.05, 4.69) is 0 Å². The van der Waals surface area contributed by atoms with Gasteiger partial charge in [-0.25, -0.2) is 12.8 Å². The van der Waals surface area contributed by atoms with E-state index in [-0.39, 0.29) is 24.7 Å². The molecule has 2 aromatic carbocycles. The Bertz CT molecular complexity index is 1090. The molecule has 0 amide bonds. The molecule has 0 aromatic heterocycles. The molecule has 1 aliphatic rings. The van der Waals surface area contributed by atoms with Gasteiger partial charge in [0.25, 0.3) is 5.69 Å². The molecule has 1 aliphatic heterocycles. The van der Waals surface area contributed by atoms with Crippen molar-refractivity contribution in [2.24, 2.45) is 0 Å². The number of rotatable bonds is 7. The number of nitro groups is 1. The van der Waals surface area contributed by atoms with Gasteiger partial charge in [0.05, 0.1) is 11.5 Å². The minimum Gasteiger partial charge on any atom is -0.467 e. The Hall–Kier alpha value is -3.09. The summed E-state index contributed by atoms with van der Waals surface area (Å²) < 4.78 is 55.9. The topological polar surface area (TPSA) is 134 Å². The smallest absolute Gasteiger partial charge is 0.324 e. The van der Waals surface area contributed by atoms with Crippen molar-refractivity contribution < 1.29 is 36.7 Å². The number of carbonyl (C=O) groups excluding carboxylic acids is 1. The summed E-state index contributed by atoms with van der Waals surface area (Å²) in [4.78, 5) is 22.2. The summed E-state index contributed by atoms with van der Waals surface area (Å²) in [6.45, 7) is 0.865. The third-order valence-corrected chi connectivity index (χ3v) is 5.74. The molecule has 0 unspecified atom stereocenters. The SMILES string of the molecule is C[C@H](NS(=O)(=O)c1ccccc1F)C(=O)OCc1cc([N+](=O)[O-])cc2c1OCOC2. The second-order valence-electron chi connectivity index (χ2n) is 6.34. The van der Waals surface area contributed by atoms with Crippen molar-refractivity contribution in [3.05, 3.63) is 63.5 Å². The van der Waals surface area contributed by atoms with Gasteiger partial charge in [-0.1, -0.05) is 12.1 Å². The number of nitro benzene ring substituents is 1. The van der Waals surface area contributed by atoms with E-state index in [0.29, 0.717) is 11.3 Å². The van der Waals surface area contributed by atoms with Gasteiger partial charge in [-0.3, -0.25) is 14.9 Å². The molecule has 2 aromatic rings. The lowest BCUT2D eigenvalue weighted by Gasteiger charge is -2.21. The molecule has 1 atom stereocenters. The van der Waals surface area contributed by atoms with Crippen LogP contribution in [-0.2, 0) is 37.5 Å². The number of carbonyl (C=O) groups is 1. The number of halogens is 1. The maximum atomic E-state index is 13.8. The van der Waals surface area contributed by atoms with Crippen LogP contribution >= 0.6 is 0 Å². The van der Waals surface area contributed by atoms with Crippen molar-refractivity contribution in [1.29, 1.82) is 0 Å². The molecule has 0 bridgehead atoms. The van der Waals surface area contributed by atoms with E-state index in [0.717, 1.165) is 12.1 Å². The number of hydrogen-bond donors (Lipinski definition) is 1. The summed E-state index contributed by atoms with van der Waals surface area (Å²) in [5, 5.41) is 11.1. The molecule has 0 saturated heterocycles. The molecule has 12 heteroatoms. The van der Waals surface area contributed by atoms with Crippen LogP contribution in [0, 0.1) is 15.9 Å². The molecule has 3 rings (SSSR count). The number of benzene rings is 2. The first-order chi connectivity index (χ1) is 14.2. The largest absolute Gasteiger partial charge is 0.467 e. The molecule has 30 heavy (non-hydrogen) atoms. The van der Waals surface area contributed by atoms with E-state index < -0.39 is 44.3 Å². The quantitative estimate of drug-likeness (QED) is 0.393. The van der Waals surface area contributed by atoms with Gasteiger partial charge in [0.15, 0.2) is 6.79 Å². The predicted octanol–water partition coefficient (Wildman–Crippen LogP) is 2.01. The van der Waals surface area contributed by atoms with Crippen molar-refractivity contribution in [3.8, 4) is 5.75 Å². The molecule has 10 nitrogen and oxygen atoms in total. The number of nitrogens with one attached hydrogen (secondary N) is 1. The number of non-ortho nitro benzene ring substituents is 1. The van der Waals surface area contributed by atoms with Gasteiger partial charge >= 0.3 is 5.97 Å². The molecule has 0 fully saturated rings. The fourth-order valence-electron chi connectivity index (χ4n) is 2.77. The lowest BCUT2D eigenvalue weighted by molar-refractivity contribution is -0.385. The Morgan fingerprint density at radius 1 is 1.37 bits per heavy atom. The van der Waals surface area contributed by atoms with Gasteiger partial charge < -0.3 is 14.2 Å². The van der Waals surface area contributed by atoms with Crippen LogP contribution in [0.5, 0.6) is 5.75 Å². The number of ether oxygens (including phenoxy) is 3. The summed E-state index contributed by atoms with van der Waals surface area (Å²) in [6, 6.07) is 5.87. The average Bonchev–Trinajstić information content (AvgIpc) is 2.71. The van der Waals surface area contributed by atoms with Gasteiger partial charge in [-0.15, -0.1) is 0 Å². The molecule has 160 valence electrons. The highest BCUT2D eigenvalue weighted by atomic mass is 32.2. The molecule has 1 N–H and O–H groups in total. The zero-order valence-corrected chi connectivity index (χ0v) is 16.5. The molecule has 0 saturated carbocycles. The Labute approximate surface area is 170 Å². The summed E-state index contributed by atoms with van der Waals surface area (Å²) >= 11 is 0. The average molecular weight is 440 g/mol. The molecule has 0 aliphatic carbocycles. The first-order valence-corrected chi connectivity index (χ1v) is 10.1. The number of hydrogen-bond acceptors (Lipinski definition) is 8. The van der Waals surface area contributed by atoms with Crippen molar-refractivity contribution in [1.82, 2.24) is 4.72 Å². The van der Waals surface area contributed by atoms with Crippen LogP contribution in [-0.4, -0.2) is 32.1 Å². The second-order valence-corrected chi connectivity index (χ2v) is 8.02. The first kappa shape index (κ1) is 21.6. The predicted molar refractivity (Wildman–Crippen MR) is 99.4 cm³/mol. The Kier molecular flexibility index (Phi) is 6.29. The summed E-state index contributed by atoms with van der Waals surface area (Å²) in [6.07, 6.45) is 0. The van der Waals surface area contributed by atoms with E-state index in [1.54, 1.807) is 0 Å². The molecule has 0 spiro atoms. The van der Waals surface area contributed by atoms with Gasteiger partial charge in [0.1, 0.15) is 29.1 Å². The highest BCUT2D eigenvalue weighted by Crippen LogP contribution is 2.33. The monoisotopic (exact) mass is 440 g/mol. The van der Waals surface area contributed by atoms with Crippen LogP contribution in [0.25, 0.3) is 0 Å². The summed E-state index contributed by atoms with van der Waals surface area (Å²) in [5.74, 6) is -1.62. The maximum Gasteiger partial charge on any atom is 0.324 e. The summed E-state index contributed by atoms with van der Waals surface area (Å²) in [7, 11) is -4.31. The minimum absolute atomic E-state index is 0.0649. The zero-order chi connectivity index (χ0) is 21.9. The fraction of sp³-hybridized carbons (Fsp3) is 0.278. The number of fused-ring (bicyclic) bond motifs is 1. The van der Waals surface area contributed by atoms with Gasteiger partial charge in [0.2, 0.25) is 10.0 Å². The number of sulfonamides is 1. The Morgan fingerprint density at radius 2 is 2.10 bits per heavy atom.